The summed E-state index contributed by atoms with van der Waals surface area (Å²) in [7, 11) is 0. The van der Waals surface area contributed by atoms with Gasteiger partial charge < -0.3 is 10.1 Å². The molecule has 0 fully saturated rings. The topological polar surface area (TPSA) is 98.5 Å². The number of nitrogens with zero attached hydrogens (tertiary/aromatic N) is 1. The Morgan fingerprint density at radius 1 is 1.21 bits per heavy atom. The summed E-state index contributed by atoms with van der Waals surface area (Å²) in [4.78, 5) is 36.0. The SMILES string of the molecule is CC[C@H](C)c1ccccc1NC(=O)[C@@H](C)OC(=O)c1ccc(SC)c([N+](=O)[O-])c1. The molecule has 0 radical (unpaired) electrons. The molecule has 0 heterocycles. The Morgan fingerprint density at radius 2 is 1.90 bits per heavy atom. The van der Waals surface area contributed by atoms with Crippen LogP contribution in [-0.2, 0) is 9.53 Å². The highest BCUT2D eigenvalue weighted by Crippen LogP contribution is 2.29. The first-order valence-electron chi connectivity index (χ1n) is 9.21. The smallest absolute Gasteiger partial charge is 0.339 e. The first kappa shape index (κ1) is 22.4. The molecule has 0 saturated heterocycles. The van der Waals surface area contributed by atoms with Crippen LogP contribution in [0.2, 0.25) is 0 Å². The summed E-state index contributed by atoms with van der Waals surface area (Å²) in [5, 5.41) is 14.0. The molecule has 0 aliphatic carbocycles. The number of amides is 1. The maximum Gasteiger partial charge on any atom is 0.339 e. The molecule has 8 heteroatoms. The number of rotatable bonds is 8. The fourth-order valence-electron chi connectivity index (χ4n) is 2.74. The number of ether oxygens (including phenoxy) is 1. The van der Waals surface area contributed by atoms with E-state index in [1.807, 2.05) is 18.2 Å². The van der Waals surface area contributed by atoms with Crippen molar-refractivity contribution in [2.75, 3.05) is 11.6 Å². The van der Waals surface area contributed by atoms with Gasteiger partial charge in [0.25, 0.3) is 11.6 Å². The second kappa shape index (κ2) is 10.1. The number of nitro benzene ring substituents is 1. The third-order valence-corrected chi connectivity index (χ3v) is 5.41. The zero-order valence-corrected chi connectivity index (χ0v) is 17.6. The highest BCUT2D eigenvalue weighted by Gasteiger charge is 2.23. The third-order valence-electron chi connectivity index (χ3n) is 4.63. The Kier molecular flexibility index (Phi) is 7.78. The van der Waals surface area contributed by atoms with Crippen molar-refractivity contribution in [2.24, 2.45) is 0 Å². The summed E-state index contributed by atoms with van der Waals surface area (Å²) < 4.78 is 5.22. The molecule has 7 nitrogen and oxygen atoms in total. The molecule has 1 N–H and O–H groups in total. The van der Waals surface area contributed by atoms with Crippen LogP contribution >= 0.6 is 11.8 Å². The van der Waals surface area contributed by atoms with E-state index in [4.69, 9.17) is 4.74 Å². The van der Waals surface area contributed by atoms with E-state index < -0.39 is 22.9 Å². The minimum absolute atomic E-state index is 0.0224. The summed E-state index contributed by atoms with van der Waals surface area (Å²) in [6.07, 6.45) is 1.57. The lowest BCUT2D eigenvalue weighted by atomic mass is 9.97. The predicted octanol–water partition coefficient (Wildman–Crippen LogP) is 5.01. The standard InChI is InChI=1S/C21H24N2O5S/c1-5-13(2)16-8-6-7-9-17(16)22-20(24)14(3)28-21(25)15-10-11-19(29-4)18(12-15)23(26)27/h6-14H,5H2,1-4H3,(H,22,24)/t13-,14+/m0/s1. The number of anilines is 1. The van der Waals surface area contributed by atoms with Crippen molar-refractivity contribution >= 4 is 35.0 Å². The van der Waals surface area contributed by atoms with Gasteiger partial charge in [-0.25, -0.2) is 4.79 Å². The number of thioether (sulfide) groups is 1. The van der Waals surface area contributed by atoms with Crippen LogP contribution in [0.4, 0.5) is 11.4 Å². The van der Waals surface area contributed by atoms with E-state index in [2.05, 4.69) is 19.2 Å². The van der Waals surface area contributed by atoms with E-state index >= 15 is 0 Å². The van der Waals surface area contributed by atoms with Gasteiger partial charge in [0.05, 0.1) is 15.4 Å². The van der Waals surface area contributed by atoms with Gasteiger partial charge in [-0.1, -0.05) is 32.0 Å². The van der Waals surface area contributed by atoms with Crippen LogP contribution in [0.1, 0.15) is 49.0 Å². The molecule has 0 spiro atoms. The average Bonchev–Trinajstić information content (AvgIpc) is 2.72. The van der Waals surface area contributed by atoms with Crippen molar-refractivity contribution in [3.63, 3.8) is 0 Å². The molecule has 0 bridgehead atoms. The van der Waals surface area contributed by atoms with Gasteiger partial charge in [0.1, 0.15) is 0 Å². The van der Waals surface area contributed by atoms with E-state index in [0.29, 0.717) is 10.6 Å². The van der Waals surface area contributed by atoms with Crippen molar-refractivity contribution < 1.29 is 19.2 Å². The number of nitro groups is 1. The van der Waals surface area contributed by atoms with Crippen LogP contribution in [0.25, 0.3) is 0 Å². The van der Waals surface area contributed by atoms with E-state index in [1.165, 1.54) is 30.8 Å². The van der Waals surface area contributed by atoms with E-state index in [-0.39, 0.29) is 17.2 Å². The number of hydrogen-bond acceptors (Lipinski definition) is 6. The van der Waals surface area contributed by atoms with Gasteiger partial charge >= 0.3 is 5.97 Å². The lowest BCUT2D eigenvalue weighted by Crippen LogP contribution is -2.30. The first-order valence-corrected chi connectivity index (χ1v) is 10.4. The third kappa shape index (κ3) is 5.57. The number of esters is 1. The van der Waals surface area contributed by atoms with Gasteiger partial charge in [-0.2, -0.15) is 0 Å². The number of carbonyl (C=O) groups excluding carboxylic acids is 2. The lowest BCUT2D eigenvalue weighted by Gasteiger charge is -2.18. The largest absolute Gasteiger partial charge is 0.449 e. The average molecular weight is 416 g/mol. The summed E-state index contributed by atoms with van der Waals surface area (Å²) >= 11 is 1.21. The Morgan fingerprint density at radius 3 is 2.52 bits per heavy atom. The van der Waals surface area contributed by atoms with Crippen molar-refractivity contribution in [3.05, 3.63) is 63.7 Å². The molecule has 0 saturated carbocycles. The van der Waals surface area contributed by atoms with Crippen molar-refractivity contribution in [2.45, 2.75) is 44.1 Å². The molecule has 0 aromatic heterocycles. The molecule has 2 aromatic carbocycles. The minimum atomic E-state index is -1.06. The molecule has 29 heavy (non-hydrogen) atoms. The Bertz CT molecular complexity index is 916. The number of carbonyl (C=O) groups is 2. The second-order valence-corrected chi connectivity index (χ2v) is 7.43. The van der Waals surface area contributed by atoms with Gasteiger partial charge in [0.15, 0.2) is 6.10 Å². The number of nitrogens with one attached hydrogen (secondary N) is 1. The summed E-state index contributed by atoms with van der Waals surface area (Å²) in [6.45, 7) is 5.60. The van der Waals surface area contributed by atoms with Crippen LogP contribution in [0.15, 0.2) is 47.4 Å². The fraction of sp³-hybridized carbons (Fsp3) is 0.333. The van der Waals surface area contributed by atoms with Crippen LogP contribution in [-0.4, -0.2) is 29.2 Å². The monoisotopic (exact) mass is 416 g/mol. The van der Waals surface area contributed by atoms with Crippen molar-refractivity contribution in [1.82, 2.24) is 0 Å². The van der Waals surface area contributed by atoms with Crippen molar-refractivity contribution in [3.8, 4) is 0 Å². The molecule has 2 rings (SSSR count). The van der Waals surface area contributed by atoms with Crippen LogP contribution < -0.4 is 5.32 Å². The van der Waals surface area contributed by atoms with Gasteiger partial charge in [-0.05, 0) is 49.3 Å². The molecule has 0 aliphatic rings. The van der Waals surface area contributed by atoms with Gasteiger partial charge in [0.2, 0.25) is 0 Å². The minimum Gasteiger partial charge on any atom is -0.449 e. The maximum absolute atomic E-state index is 12.5. The highest BCUT2D eigenvalue weighted by atomic mass is 32.2. The zero-order chi connectivity index (χ0) is 21.6. The molecule has 2 atom stereocenters. The molecule has 2 aromatic rings. The van der Waals surface area contributed by atoms with Crippen molar-refractivity contribution in [1.29, 1.82) is 0 Å². The predicted molar refractivity (Wildman–Crippen MR) is 114 cm³/mol. The molecular formula is C21H24N2O5S. The van der Waals surface area contributed by atoms with Gasteiger partial charge in [0, 0.05) is 11.8 Å². The molecule has 1 amide bonds. The molecule has 0 unspecified atom stereocenters. The van der Waals surface area contributed by atoms with Crippen LogP contribution in [0.5, 0.6) is 0 Å². The zero-order valence-electron chi connectivity index (χ0n) is 16.8. The fourth-order valence-corrected chi connectivity index (χ4v) is 3.28. The van der Waals surface area contributed by atoms with Gasteiger partial charge in [-0.15, -0.1) is 11.8 Å². The highest BCUT2D eigenvalue weighted by molar-refractivity contribution is 7.98. The Labute approximate surface area is 174 Å². The van der Waals surface area contributed by atoms with E-state index in [1.54, 1.807) is 12.3 Å². The van der Waals surface area contributed by atoms with Crippen LogP contribution in [0.3, 0.4) is 0 Å². The Hall–Kier alpha value is -2.87. The normalized spacial score (nSPS) is 12.7. The molecule has 0 aliphatic heterocycles. The van der Waals surface area contributed by atoms with E-state index in [0.717, 1.165) is 18.1 Å². The van der Waals surface area contributed by atoms with Gasteiger partial charge in [-0.3, -0.25) is 14.9 Å². The molecular weight excluding hydrogens is 392 g/mol. The summed E-state index contributed by atoms with van der Waals surface area (Å²) in [6, 6.07) is 11.6. The first-order chi connectivity index (χ1) is 13.8. The van der Waals surface area contributed by atoms with E-state index in [9.17, 15) is 19.7 Å². The lowest BCUT2D eigenvalue weighted by molar-refractivity contribution is -0.387. The summed E-state index contributed by atoms with van der Waals surface area (Å²) in [5.41, 5.74) is 1.53. The number of hydrogen-bond donors (Lipinski definition) is 1. The maximum atomic E-state index is 12.5. The Balaban J connectivity index is 2.11. The number of para-hydroxylation sites is 1. The second-order valence-electron chi connectivity index (χ2n) is 6.58. The molecule has 154 valence electrons. The number of benzene rings is 2. The summed E-state index contributed by atoms with van der Waals surface area (Å²) in [5.74, 6) is -0.997. The van der Waals surface area contributed by atoms with Crippen LogP contribution in [0, 0.1) is 10.1 Å². The quantitative estimate of drug-likeness (QED) is 0.281.